The zero-order chi connectivity index (χ0) is 17.2. The number of esters is 1. The second-order valence-electron chi connectivity index (χ2n) is 5.87. The summed E-state index contributed by atoms with van der Waals surface area (Å²) < 4.78 is 19.4. The van der Waals surface area contributed by atoms with E-state index in [1.807, 2.05) is 30.5 Å². The van der Waals surface area contributed by atoms with Gasteiger partial charge in [-0.1, -0.05) is 0 Å². The third-order valence-electron chi connectivity index (χ3n) is 4.08. The smallest absolute Gasteiger partial charge is 0.348 e. The molecule has 0 saturated carbocycles. The fourth-order valence-electron chi connectivity index (χ4n) is 2.84. The van der Waals surface area contributed by atoms with Crippen LogP contribution in [-0.4, -0.2) is 26.3 Å². The highest BCUT2D eigenvalue weighted by Gasteiger charge is 2.15. The molecule has 1 aliphatic heterocycles. The average molecular weight is 356 g/mol. The Bertz CT molecular complexity index is 934. The maximum Gasteiger partial charge on any atom is 0.348 e. The van der Waals surface area contributed by atoms with Crippen LogP contribution in [0.4, 0.5) is 0 Å². The van der Waals surface area contributed by atoms with Gasteiger partial charge in [0, 0.05) is 23.4 Å². The van der Waals surface area contributed by atoms with Crippen molar-refractivity contribution >= 4 is 27.4 Å². The van der Waals surface area contributed by atoms with Gasteiger partial charge in [-0.05, 0) is 24.3 Å². The van der Waals surface area contributed by atoms with E-state index >= 15 is 0 Å². The zero-order valence-electron chi connectivity index (χ0n) is 13.9. The normalized spacial score (nSPS) is 13.5. The van der Waals surface area contributed by atoms with E-state index in [0.29, 0.717) is 18.1 Å². The summed E-state index contributed by atoms with van der Waals surface area (Å²) >= 11 is 1.44. The molecule has 0 amide bonds. The van der Waals surface area contributed by atoms with Crippen LogP contribution in [0.3, 0.4) is 0 Å². The Hall–Kier alpha value is -2.60. The first kappa shape index (κ1) is 15.9. The van der Waals surface area contributed by atoms with Crippen LogP contribution in [0.2, 0.25) is 0 Å². The summed E-state index contributed by atoms with van der Waals surface area (Å²) in [5.74, 6) is 1.32. The molecule has 0 spiro atoms. The van der Waals surface area contributed by atoms with Gasteiger partial charge >= 0.3 is 5.97 Å². The lowest BCUT2D eigenvalue weighted by molar-refractivity contribution is -0.686. The van der Waals surface area contributed by atoms with E-state index in [4.69, 9.17) is 14.2 Å². The van der Waals surface area contributed by atoms with Gasteiger partial charge in [0.2, 0.25) is 0 Å². The number of ether oxygens (including phenoxy) is 3. The molecule has 0 aliphatic carbocycles. The maximum absolute atomic E-state index is 11.7. The third kappa shape index (κ3) is 3.30. The Morgan fingerprint density at radius 2 is 2.04 bits per heavy atom. The lowest BCUT2D eigenvalue weighted by atomic mass is 10.2. The molecule has 2 aromatic heterocycles. The summed E-state index contributed by atoms with van der Waals surface area (Å²) in [6, 6.07) is 9.94. The summed E-state index contributed by atoms with van der Waals surface area (Å²) in [5.41, 5.74) is 1.14. The van der Waals surface area contributed by atoms with Gasteiger partial charge in [0.15, 0.2) is 30.4 Å². The van der Waals surface area contributed by atoms with Crippen LogP contribution in [0.5, 0.6) is 11.5 Å². The van der Waals surface area contributed by atoms with Crippen LogP contribution in [0.15, 0.2) is 42.7 Å². The molecule has 6 heteroatoms. The number of carbonyl (C=O) groups excluding carboxylic acids is 1. The fraction of sp³-hybridized carbons (Fsp3) is 0.263. The van der Waals surface area contributed by atoms with Crippen molar-refractivity contribution in [2.45, 2.75) is 13.0 Å². The van der Waals surface area contributed by atoms with Gasteiger partial charge in [0.25, 0.3) is 0 Å². The van der Waals surface area contributed by atoms with Crippen LogP contribution in [-0.2, 0) is 11.3 Å². The van der Waals surface area contributed by atoms with E-state index in [9.17, 15) is 4.79 Å². The number of hydrogen-bond donors (Lipinski definition) is 0. The number of benzene rings is 1. The lowest BCUT2D eigenvalue weighted by Gasteiger charge is -2.08. The second kappa shape index (κ2) is 6.72. The molecule has 3 aromatic rings. The SMILES string of the molecule is COC(=O)c1cc2cc[n+](Cc3ccc4c(c3)OCCCO4)cc2s1. The highest BCUT2D eigenvalue weighted by atomic mass is 32.1. The van der Waals surface area contributed by atoms with E-state index in [-0.39, 0.29) is 5.97 Å². The molecule has 0 fully saturated rings. The molecule has 0 saturated heterocycles. The van der Waals surface area contributed by atoms with Crippen molar-refractivity contribution in [1.82, 2.24) is 0 Å². The monoisotopic (exact) mass is 356 g/mol. The molecule has 3 heterocycles. The Balaban J connectivity index is 1.60. The first-order valence-electron chi connectivity index (χ1n) is 8.12. The number of nitrogens with zero attached hydrogens (tertiary/aromatic N) is 1. The van der Waals surface area contributed by atoms with Gasteiger partial charge in [0.1, 0.15) is 4.88 Å². The van der Waals surface area contributed by atoms with Crippen molar-refractivity contribution in [2.75, 3.05) is 20.3 Å². The van der Waals surface area contributed by atoms with Crippen molar-refractivity contribution in [1.29, 1.82) is 0 Å². The largest absolute Gasteiger partial charge is 0.490 e. The van der Waals surface area contributed by atoms with Crippen LogP contribution < -0.4 is 14.0 Å². The van der Waals surface area contributed by atoms with Crippen LogP contribution in [0, 0.1) is 0 Å². The summed E-state index contributed by atoms with van der Waals surface area (Å²) in [6.45, 7) is 2.10. The maximum atomic E-state index is 11.7. The number of rotatable bonds is 3. The van der Waals surface area contributed by atoms with Crippen molar-refractivity contribution in [3.8, 4) is 11.5 Å². The molecule has 0 bridgehead atoms. The first-order chi connectivity index (χ1) is 12.2. The highest BCUT2D eigenvalue weighted by Crippen LogP contribution is 2.30. The lowest BCUT2D eigenvalue weighted by Crippen LogP contribution is -2.32. The summed E-state index contributed by atoms with van der Waals surface area (Å²) in [7, 11) is 1.40. The Kier molecular flexibility index (Phi) is 4.28. The minimum absolute atomic E-state index is 0.296. The summed E-state index contributed by atoms with van der Waals surface area (Å²) in [4.78, 5) is 12.3. The Morgan fingerprint density at radius 1 is 1.20 bits per heavy atom. The summed E-state index contributed by atoms with van der Waals surface area (Å²) in [5, 5.41) is 1.04. The molecular weight excluding hydrogens is 338 g/mol. The zero-order valence-corrected chi connectivity index (χ0v) is 14.7. The molecule has 25 heavy (non-hydrogen) atoms. The first-order valence-corrected chi connectivity index (χ1v) is 8.94. The molecule has 0 unspecified atom stereocenters. The Morgan fingerprint density at radius 3 is 2.88 bits per heavy atom. The molecule has 128 valence electrons. The minimum atomic E-state index is -0.296. The number of pyridine rings is 1. The Labute approximate surface area is 149 Å². The van der Waals surface area contributed by atoms with Crippen LogP contribution in [0.1, 0.15) is 21.7 Å². The molecular formula is C19H18NO4S+. The predicted molar refractivity (Wildman–Crippen MR) is 94.5 cm³/mol. The van der Waals surface area contributed by atoms with Gasteiger partial charge in [-0.25, -0.2) is 4.79 Å². The highest BCUT2D eigenvalue weighted by molar-refractivity contribution is 7.20. The van der Waals surface area contributed by atoms with E-state index in [0.717, 1.165) is 40.1 Å². The summed E-state index contributed by atoms with van der Waals surface area (Å²) in [6.07, 6.45) is 4.96. The average Bonchev–Trinajstić information content (AvgIpc) is 2.91. The standard InChI is InChI=1S/C19H18NO4S/c1-22-19(21)17-10-14-5-6-20(12-18(14)25-17)11-13-3-4-15-16(9-13)24-8-2-7-23-15/h3-6,9-10,12H,2,7-8,11H2,1H3/q+1. The number of aromatic nitrogens is 1. The number of thiophene rings is 1. The number of methoxy groups -OCH3 is 1. The van der Waals surface area contributed by atoms with Crippen LogP contribution >= 0.6 is 11.3 Å². The van der Waals surface area contributed by atoms with E-state index < -0.39 is 0 Å². The second-order valence-corrected chi connectivity index (χ2v) is 6.95. The predicted octanol–water partition coefficient (Wildman–Crippen LogP) is 3.19. The van der Waals surface area contributed by atoms with Crippen molar-refractivity contribution in [3.63, 3.8) is 0 Å². The van der Waals surface area contributed by atoms with Gasteiger partial charge in [-0.15, -0.1) is 11.3 Å². The topological polar surface area (TPSA) is 48.6 Å². The molecule has 0 N–H and O–H groups in total. The number of fused-ring (bicyclic) bond motifs is 2. The molecule has 1 aromatic carbocycles. The van der Waals surface area contributed by atoms with Gasteiger partial charge in [0.05, 0.1) is 25.0 Å². The van der Waals surface area contributed by atoms with Crippen molar-refractivity contribution < 1.29 is 23.6 Å². The molecule has 4 rings (SSSR count). The molecule has 5 nitrogen and oxygen atoms in total. The van der Waals surface area contributed by atoms with Gasteiger partial charge in [-0.2, -0.15) is 4.57 Å². The quantitative estimate of drug-likeness (QED) is 0.534. The van der Waals surface area contributed by atoms with Gasteiger partial charge in [-0.3, -0.25) is 0 Å². The van der Waals surface area contributed by atoms with Crippen LogP contribution in [0.25, 0.3) is 10.1 Å². The molecule has 0 radical (unpaired) electrons. The van der Waals surface area contributed by atoms with Crippen molar-refractivity contribution in [2.24, 2.45) is 0 Å². The molecule has 1 aliphatic rings. The van der Waals surface area contributed by atoms with E-state index in [1.54, 1.807) is 0 Å². The number of hydrogen-bond acceptors (Lipinski definition) is 5. The third-order valence-corrected chi connectivity index (χ3v) is 5.15. The van der Waals surface area contributed by atoms with E-state index in [1.165, 1.54) is 18.4 Å². The van der Waals surface area contributed by atoms with E-state index in [2.05, 4.69) is 16.8 Å². The number of carbonyl (C=O) groups is 1. The van der Waals surface area contributed by atoms with Crippen molar-refractivity contribution in [3.05, 3.63) is 53.2 Å². The van der Waals surface area contributed by atoms with Gasteiger partial charge < -0.3 is 14.2 Å². The minimum Gasteiger partial charge on any atom is -0.490 e. The molecule has 0 atom stereocenters. The fourth-order valence-corrected chi connectivity index (χ4v) is 3.86.